The van der Waals surface area contributed by atoms with Crippen molar-refractivity contribution in [3.63, 3.8) is 0 Å². The van der Waals surface area contributed by atoms with Gasteiger partial charge >= 0.3 is 0 Å². The number of aromatic nitrogens is 1. The van der Waals surface area contributed by atoms with Gasteiger partial charge in [0, 0.05) is 18.0 Å². The van der Waals surface area contributed by atoms with Gasteiger partial charge in [0.1, 0.15) is 11.4 Å². The molecule has 1 amide bonds. The van der Waals surface area contributed by atoms with Crippen LogP contribution < -0.4 is 10.1 Å². The molecule has 2 saturated heterocycles. The molecule has 5 nitrogen and oxygen atoms in total. The molecule has 1 aromatic heterocycles. The number of carbonyl (C=O) groups is 1. The van der Waals surface area contributed by atoms with Crippen LogP contribution in [0.4, 0.5) is 0 Å². The van der Waals surface area contributed by atoms with Crippen LogP contribution in [-0.2, 0) is 0 Å². The summed E-state index contributed by atoms with van der Waals surface area (Å²) in [5.41, 5.74) is 1.38. The van der Waals surface area contributed by atoms with Crippen LogP contribution in [0.2, 0.25) is 0 Å². The van der Waals surface area contributed by atoms with E-state index < -0.39 is 0 Å². The Balaban J connectivity index is 1.34. The van der Waals surface area contributed by atoms with Gasteiger partial charge < -0.3 is 15.0 Å². The zero-order chi connectivity index (χ0) is 19.3. The molecule has 2 fully saturated rings. The summed E-state index contributed by atoms with van der Waals surface area (Å²) < 4.78 is 5.95. The Labute approximate surface area is 167 Å². The third-order valence-electron chi connectivity index (χ3n) is 6.12. The van der Waals surface area contributed by atoms with Gasteiger partial charge in [0.25, 0.3) is 5.91 Å². The highest BCUT2D eigenvalue weighted by Gasteiger charge is 2.26. The highest BCUT2D eigenvalue weighted by Crippen LogP contribution is 2.23. The van der Waals surface area contributed by atoms with E-state index in [2.05, 4.69) is 17.2 Å². The molecule has 4 rings (SSSR count). The smallest absolute Gasteiger partial charge is 0.272 e. The highest BCUT2D eigenvalue weighted by molar-refractivity contribution is 5.95. The first-order chi connectivity index (χ1) is 13.7. The Morgan fingerprint density at radius 1 is 1.25 bits per heavy atom. The predicted octanol–water partition coefficient (Wildman–Crippen LogP) is 4.02. The third kappa shape index (κ3) is 4.46. The van der Waals surface area contributed by atoms with Gasteiger partial charge in [0.15, 0.2) is 0 Å². The number of likely N-dealkylation sites (tertiary alicyclic amines) is 1. The summed E-state index contributed by atoms with van der Waals surface area (Å²) in [4.78, 5) is 19.2. The molecule has 1 N–H and O–H groups in total. The number of hydrogen-bond acceptors (Lipinski definition) is 4. The van der Waals surface area contributed by atoms with Gasteiger partial charge in [-0.1, -0.05) is 6.07 Å². The predicted molar refractivity (Wildman–Crippen MR) is 112 cm³/mol. The largest absolute Gasteiger partial charge is 0.494 e. The first-order valence-electron chi connectivity index (χ1n) is 10.8. The summed E-state index contributed by atoms with van der Waals surface area (Å²) in [6.07, 6.45) is 7.11. The van der Waals surface area contributed by atoms with E-state index in [1.165, 1.54) is 25.8 Å². The lowest BCUT2D eigenvalue weighted by Gasteiger charge is -2.22. The first kappa shape index (κ1) is 19.2. The Morgan fingerprint density at radius 3 is 2.96 bits per heavy atom. The molecule has 0 aliphatic carbocycles. The van der Waals surface area contributed by atoms with Gasteiger partial charge in [0.2, 0.25) is 0 Å². The zero-order valence-electron chi connectivity index (χ0n) is 16.8. The van der Waals surface area contributed by atoms with Crippen molar-refractivity contribution in [2.24, 2.45) is 5.92 Å². The average molecular weight is 382 g/mol. The number of amides is 1. The van der Waals surface area contributed by atoms with Gasteiger partial charge in [-0.25, -0.2) is 4.98 Å². The van der Waals surface area contributed by atoms with Crippen LogP contribution in [0, 0.1) is 5.92 Å². The molecule has 0 spiro atoms. The van der Waals surface area contributed by atoms with Crippen LogP contribution in [0.25, 0.3) is 10.9 Å². The molecule has 0 bridgehead atoms. The average Bonchev–Trinajstić information content (AvgIpc) is 3.17. The summed E-state index contributed by atoms with van der Waals surface area (Å²) in [5.74, 6) is 1.72. The van der Waals surface area contributed by atoms with E-state index in [1.54, 1.807) is 0 Å². The first-order valence-corrected chi connectivity index (χ1v) is 10.8. The molecule has 150 valence electrons. The quantitative estimate of drug-likeness (QED) is 0.768. The van der Waals surface area contributed by atoms with Crippen molar-refractivity contribution in [2.75, 3.05) is 26.2 Å². The van der Waals surface area contributed by atoms with Crippen LogP contribution in [0.1, 0.15) is 55.9 Å². The van der Waals surface area contributed by atoms with Crippen molar-refractivity contribution < 1.29 is 9.53 Å². The van der Waals surface area contributed by atoms with Gasteiger partial charge in [-0.3, -0.25) is 4.79 Å². The molecule has 5 heteroatoms. The Bertz CT molecular complexity index is 817. The molecule has 3 heterocycles. The molecule has 2 aromatic rings. The molecular formula is C23H31N3O2. The third-order valence-corrected chi connectivity index (χ3v) is 6.12. The maximum absolute atomic E-state index is 12.7. The highest BCUT2D eigenvalue weighted by atomic mass is 16.5. The van der Waals surface area contributed by atoms with Crippen LogP contribution in [0.5, 0.6) is 5.75 Å². The molecular weight excluding hydrogens is 350 g/mol. The molecule has 2 atom stereocenters. The molecule has 2 aliphatic rings. The van der Waals surface area contributed by atoms with Crippen molar-refractivity contribution in [1.82, 2.24) is 15.2 Å². The minimum atomic E-state index is 0.0458. The van der Waals surface area contributed by atoms with Gasteiger partial charge in [-0.05, 0) is 88.7 Å². The normalized spacial score (nSPS) is 22.5. The maximum atomic E-state index is 12.7. The molecule has 2 unspecified atom stereocenters. The van der Waals surface area contributed by atoms with Crippen LogP contribution in [-0.4, -0.2) is 48.1 Å². The van der Waals surface area contributed by atoms with Crippen LogP contribution in [0.15, 0.2) is 30.3 Å². The number of carbonyl (C=O) groups excluding carboxylic acids is 1. The number of benzene rings is 1. The minimum Gasteiger partial charge on any atom is -0.494 e. The summed E-state index contributed by atoms with van der Waals surface area (Å²) in [5, 5.41) is 4.49. The van der Waals surface area contributed by atoms with Crippen LogP contribution >= 0.6 is 0 Å². The van der Waals surface area contributed by atoms with Gasteiger partial charge in [-0.15, -0.1) is 0 Å². The molecule has 1 aromatic carbocycles. The second kappa shape index (κ2) is 8.91. The zero-order valence-corrected chi connectivity index (χ0v) is 16.8. The van der Waals surface area contributed by atoms with Crippen molar-refractivity contribution in [3.05, 3.63) is 36.0 Å². The topological polar surface area (TPSA) is 54.5 Å². The van der Waals surface area contributed by atoms with Crippen molar-refractivity contribution >= 4 is 16.8 Å². The van der Waals surface area contributed by atoms with E-state index >= 15 is 0 Å². The molecule has 0 radical (unpaired) electrons. The maximum Gasteiger partial charge on any atom is 0.272 e. The Kier molecular flexibility index (Phi) is 6.10. The van der Waals surface area contributed by atoms with E-state index in [0.29, 0.717) is 11.7 Å². The number of hydrogen-bond donors (Lipinski definition) is 1. The SMILES string of the molecule is CC1CCCN1C(=O)c1ccc2cc(OCCCC3CCCNC3)ccc2n1. The van der Waals surface area contributed by atoms with E-state index in [1.807, 2.05) is 35.2 Å². The van der Waals surface area contributed by atoms with Gasteiger partial charge in [-0.2, -0.15) is 0 Å². The van der Waals surface area contributed by atoms with E-state index in [4.69, 9.17) is 4.74 Å². The lowest BCUT2D eigenvalue weighted by atomic mass is 9.95. The number of pyridine rings is 1. The molecule has 0 saturated carbocycles. The number of piperidine rings is 1. The summed E-state index contributed by atoms with van der Waals surface area (Å²) >= 11 is 0. The lowest BCUT2D eigenvalue weighted by molar-refractivity contribution is 0.0742. The van der Waals surface area contributed by atoms with Crippen LogP contribution in [0.3, 0.4) is 0 Å². The van der Waals surface area contributed by atoms with Crippen molar-refractivity contribution in [2.45, 2.75) is 51.5 Å². The fourth-order valence-corrected chi connectivity index (χ4v) is 4.43. The number of nitrogens with one attached hydrogen (secondary N) is 1. The van der Waals surface area contributed by atoms with Crippen molar-refractivity contribution in [3.8, 4) is 5.75 Å². The monoisotopic (exact) mass is 381 g/mol. The second-order valence-corrected chi connectivity index (χ2v) is 8.24. The summed E-state index contributed by atoms with van der Waals surface area (Å²) in [6, 6.07) is 10.1. The van der Waals surface area contributed by atoms with Gasteiger partial charge in [0.05, 0.1) is 12.1 Å². The lowest BCUT2D eigenvalue weighted by Crippen LogP contribution is -2.34. The Hall–Kier alpha value is -2.14. The Morgan fingerprint density at radius 2 is 2.18 bits per heavy atom. The molecule has 2 aliphatic heterocycles. The number of nitrogens with zero attached hydrogens (tertiary/aromatic N) is 2. The minimum absolute atomic E-state index is 0.0458. The van der Waals surface area contributed by atoms with E-state index in [0.717, 1.165) is 61.5 Å². The standard InChI is InChI=1S/C23H31N3O2/c1-17-5-3-13-26(17)23(27)22-10-8-19-15-20(9-11-21(19)25-22)28-14-4-7-18-6-2-12-24-16-18/h8-11,15,17-18,24H,2-7,12-14,16H2,1H3. The number of rotatable bonds is 6. The summed E-state index contributed by atoms with van der Waals surface area (Å²) in [6.45, 7) is 6.02. The number of ether oxygens (including phenoxy) is 1. The fraction of sp³-hybridized carbons (Fsp3) is 0.565. The van der Waals surface area contributed by atoms with E-state index in [9.17, 15) is 4.79 Å². The van der Waals surface area contributed by atoms with Crippen molar-refractivity contribution in [1.29, 1.82) is 0 Å². The second-order valence-electron chi connectivity index (χ2n) is 8.24. The fourth-order valence-electron chi connectivity index (χ4n) is 4.43. The molecule has 28 heavy (non-hydrogen) atoms. The summed E-state index contributed by atoms with van der Waals surface area (Å²) in [7, 11) is 0. The van der Waals surface area contributed by atoms with E-state index in [-0.39, 0.29) is 5.91 Å². The number of fused-ring (bicyclic) bond motifs is 1.